The number of aliphatic hydroxyl groups excluding tert-OH is 1. The quantitative estimate of drug-likeness (QED) is 0.837. The van der Waals surface area contributed by atoms with E-state index in [1.54, 1.807) is 0 Å². The van der Waals surface area contributed by atoms with E-state index in [1.807, 2.05) is 18.2 Å². The first-order valence-electron chi connectivity index (χ1n) is 10.5. The van der Waals surface area contributed by atoms with Gasteiger partial charge in [0, 0.05) is 25.2 Å². The lowest BCUT2D eigenvalue weighted by molar-refractivity contribution is -0.142. The van der Waals surface area contributed by atoms with Crippen LogP contribution in [0, 0.1) is 5.41 Å². The molecule has 3 fully saturated rings. The van der Waals surface area contributed by atoms with E-state index in [4.69, 9.17) is 0 Å². The van der Waals surface area contributed by atoms with Crippen molar-refractivity contribution in [3.8, 4) is 0 Å². The molecule has 2 heterocycles. The van der Waals surface area contributed by atoms with E-state index in [9.17, 15) is 19.8 Å². The van der Waals surface area contributed by atoms with E-state index < -0.39 is 11.5 Å². The first-order valence-corrected chi connectivity index (χ1v) is 10.5. The van der Waals surface area contributed by atoms with Crippen LogP contribution in [0.2, 0.25) is 0 Å². The van der Waals surface area contributed by atoms with Crippen LogP contribution in [0.25, 0.3) is 0 Å². The predicted octanol–water partition coefficient (Wildman–Crippen LogP) is 2.89. The van der Waals surface area contributed by atoms with Gasteiger partial charge < -0.3 is 20.0 Å². The summed E-state index contributed by atoms with van der Waals surface area (Å²) in [7, 11) is 0. The second-order valence-corrected chi connectivity index (χ2v) is 8.81. The SMILES string of the molecule is O=C(O)N1CCC[C@]2(CC(Cc3ccccc3)N(C3CCC(O)CC3)C2=O)C1. The second kappa shape index (κ2) is 7.74. The maximum absolute atomic E-state index is 13.7. The van der Waals surface area contributed by atoms with Gasteiger partial charge >= 0.3 is 6.09 Å². The summed E-state index contributed by atoms with van der Waals surface area (Å²) in [6, 6.07) is 10.5. The molecule has 28 heavy (non-hydrogen) atoms. The molecule has 3 aliphatic rings. The van der Waals surface area contributed by atoms with Crippen molar-refractivity contribution in [2.45, 2.75) is 69.6 Å². The summed E-state index contributed by atoms with van der Waals surface area (Å²) in [5, 5.41) is 19.4. The van der Waals surface area contributed by atoms with Gasteiger partial charge in [-0.15, -0.1) is 0 Å². The molecule has 0 aromatic heterocycles. The molecule has 152 valence electrons. The molecular formula is C22H30N2O4. The molecule has 2 atom stereocenters. The molecule has 1 saturated carbocycles. The minimum atomic E-state index is -0.925. The first kappa shape index (κ1) is 19.2. The number of rotatable bonds is 3. The van der Waals surface area contributed by atoms with Crippen molar-refractivity contribution in [3.63, 3.8) is 0 Å². The number of carbonyl (C=O) groups excluding carboxylic acids is 1. The van der Waals surface area contributed by atoms with Crippen LogP contribution in [0.1, 0.15) is 50.5 Å². The Hall–Kier alpha value is -2.08. The third-order valence-electron chi connectivity index (χ3n) is 6.93. The number of aliphatic hydroxyl groups is 1. The molecule has 0 radical (unpaired) electrons. The van der Waals surface area contributed by atoms with Crippen molar-refractivity contribution in [3.05, 3.63) is 35.9 Å². The molecule has 1 unspecified atom stereocenters. The van der Waals surface area contributed by atoms with E-state index in [-0.39, 0.29) is 24.1 Å². The average Bonchev–Trinajstić information content (AvgIpc) is 2.94. The Balaban J connectivity index is 1.60. The van der Waals surface area contributed by atoms with Crippen LogP contribution in [0.5, 0.6) is 0 Å². The smallest absolute Gasteiger partial charge is 0.407 e. The van der Waals surface area contributed by atoms with E-state index in [2.05, 4.69) is 17.0 Å². The van der Waals surface area contributed by atoms with Crippen LogP contribution in [0.3, 0.4) is 0 Å². The molecule has 1 aromatic rings. The topological polar surface area (TPSA) is 81.1 Å². The van der Waals surface area contributed by atoms with Crippen LogP contribution >= 0.6 is 0 Å². The zero-order valence-electron chi connectivity index (χ0n) is 16.3. The summed E-state index contributed by atoms with van der Waals surface area (Å²) >= 11 is 0. The highest BCUT2D eigenvalue weighted by Gasteiger charge is 2.55. The summed E-state index contributed by atoms with van der Waals surface area (Å²) in [6.45, 7) is 0.835. The molecule has 2 saturated heterocycles. The van der Waals surface area contributed by atoms with Gasteiger partial charge in [-0.05, 0) is 56.9 Å². The number of carboxylic acid groups (broad SMARTS) is 1. The third kappa shape index (κ3) is 3.62. The van der Waals surface area contributed by atoms with Gasteiger partial charge in [-0.2, -0.15) is 0 Å². The predicted molar refractivity (Wildman–Crippen MR) is 105 cm³/mol. The maximum Gasteiger partial charge on any atom is 0.407 e. The number of benzene rings is 1. The number of hydrogen-bond acceptors (Lipinski definition) is 3. The molecule has 6 heteroatoms. The van der Waals surface area contributed by atoms with E-state index in [1.165, 1.54) is 10.5 Å². The molecular weight excluding hydrogens is 356 g/mol. The highest BCUT2D eigenvalue weighted by Crippen LogP contribution is 2.46. The maximum atomic E-state index is 13.7. The number of nitrogens with zero attached hydrogens (tertiary/aromatic N) is 2. The van der Waals surface area contributed by atoms with Gasteiger partial charge in [-0.3, -0.25) is 4.79 Å². The standard InChI is InChI=1S/C22H30N2O4/c25-19-9-7-17(8-10-19)24-18(13-16-5-2-1-3-6-16)14-22(20(24)26)11-4-12-23(15-22)21(27)28/h1-3,5-6,17-19,25H,4,7-15H2,(H,27,28)/t17?,18?,19?,22-/m0/s1. The Morgan fingerprint density at radius 1 is 1.14 bits per heavy atom. The van der Waals surface area contributed by atoms with E-state index in [0.717, 1.165) is 51.4 Å². The third-order valence-corrected chi connectivity index (χ3v) is 6.93. The monoisotopic (exact) mass is 386 g/mol. The lowest BCUT2D eigenvalue weighted by Gasteiger charge is -2.40. The Labute approximate surface area is 166 Å². The van der Waals surface area contributed by atoms with E-state index in [0.29, 0.717) is 13.1 Å². The molecule has 2 aliphatic heterocycles. The average molecular weight is 386 g/mol. The molecule has 0 bridgehead atoms. The molecule has 2 amide bonds. The first-order chi connectivity index (χ1) is 13.5. The Kier molecular flexibility index (Phi) is 5.32. The fraction of sp³-hybridized carbons (Fsp3) is 0.636. The molecule has 1 spiro atoms. The van der Waals surface area contributed by atoms with Crippen molar-refractivity contribution in [2.24, 2.45) is 5.41 Å². The summed E-state index contributed by atoms with van der Waals surface area (Å²) in [4.78, 5) is 28.8. The number of amides is 2. The molecule has 6 nitrogen and oxygen atoms in total. The zero-order chi connectivity index (χ0) is 19.7. The van der Waals surface area contributed by atoms with Gasteiger partial charge in [0.05, 0.1) is 11.5 Å². The lowest BCUT2D eigenvalue weighted by Crippen LogP contribution is -2.51. The Bertz CT molecular complexity index is 717. The van der Waals surface area contributed by atoms with Crippen molar-refractivity contribution < 1.29 is 19.8 Å². The molecule has 1 aromatic carbocycles. The van der Waals surface area contributed by atoms with Crippen LogP contribution in [0.15, 0.2) is 30.3 Å². The van der Waals surface area contributed by atoms with Gasteiger partial charge in [0.15, 0.2) is 0 Å². The van der Waals surface area contributed by atoms with Crippen molar-refractivity contribution in [2.75, 3.05) is 13.1 Å². The fourth-order valence-corrected chi connectivity index (χ4v) is 5.57. The van der Waals surface area contributed by atoms with Gasteiger partial charge in [0.25, 0.3) is 0 Å². The minimum absolute atomic E-state index is 0.101. The summed E-state index contributed by atoms with van der Waals surface area (Å²) in [5.74, 6) is 0.140. The lowest BCUT2D eigenvalue weighted by atomic mass is 9.77. The van der Waals surface area contributed by atoms with Crippen LogP contribution in [-0.2, 0) is 11.2 Å². The van der Waals surface area contributed by atoms with E-state index >= 15 is 0 Å². The van der Waals surface area contributed by atoms with Crippen LogP contribution in [-0.4, -0.2) is 63.3 Å². The van der Waals surface area contributed by atoms with Gasteiger partial charge in [0.1, 0.15) is 0 Å². The Morgan fingerprint density at radius 2 is 1.86 bits per heavy atom. The highest BCUT2D eigenvalue weighted by atomic mass is 16.4. The fourth-order valence-electron chi connectivity index (χ4n) is 5.57. The number of carbonyl (C=O) groups is 2. The Morgan fingerprint density at radius 3 is 2.54 bits per heavy atom. The molecule has 1 aliphatic carbocycles. The summed E-state index contributed by atoms with van der Waals surface area (Å²) in [6.07, 6.45) is 5.00. The summed E-state index contributed by atoms with van der Waals surface area (Å²) in [5.41, 5.74) is 0.635. The van der Waals surface area contributed by atoms with Crippen molar-refractivity contribution in [1.82, 2.24) is 9.80 Å². The van der Waals surface area contributed by atoms with Crippen LogP contribution < -0.4 is 0 Å². The van der Waals surface area contributed by atoms with Crippen molar-refractivity contribution >= 4 is 12.0 Å². The second-order valence-electron chi connectivity index (χ2n) is 8.81. The van der Waals surface area contributed by atoms with Crippen molar-refractivity contribution in [1.29, 1.82) is 0 Å². The normalized spacial score (nSPS) is 33.5. The highest BCUT2D eigenvalue weighted by molar-refractivity contribution is 5.87. The van der Waals surface area contributed by atoms with Gasteiger partial charge in [0.2, 0.25) is 5.91 Å². The zero-order valence-corrected chi connectivity index (χ0v) is 16.3. The number of likely N-dealkylation sites (tertiary alicyclic amines) is 2. The van der Waals surface area contributed by atoms with Gasteiger partial charge in [-0.25, -0.2) is 4.79 Å². The van der Waals surface area contributed by atoms with Gasteiger partial charge in [-0.1, -0.05) is 30.3 Å². The minimum Gasteiger partial charge on any atom is -0.465 e. The molecule has 4 rings (SSSR count). The van der Waals surface area contributed by atoms with Crippen LogP contribution in [0.4, 0.5) is 4.79 Å². The largest absolute Gasteiger partial charge is 0.465 e. The number of hydrogen-bond donors (Lipinski definition) is 2. The number of piperidine rings is 1. The molecule has 2 N–H and O–H groups in total. The summed E-state index contributed by atoms with van der Waals surface area (Å²) < 4.78 is 0.